The van der Waals surface area contributed by atoms with Crippen LogP contribution in [0.25, 0.3) is 0 Å². The lowest BCUT2D eigenvalue weighted by molar-refractivity contribution is -0.119. The summed E-state index contributed by atoms with van der Waals surface area (Å²) >= 11 is 3.11. The first-order valence-corrected chi connectivity index (χ1v) is 9.06. The molecule has 5 nitrogen and oxygen atoms in total. The van der Waals surface area contributed by atoms with Gasteiger partial charge in [0.05, 0.1) is 23.0 Å². The summed E-state index contributed by atoms with van der Waals surface area (Å²) in [7, 11) is -3.46. The van der Waals surface area contributed by atoms with Crippen LogP contribution in [0.5, 0.6) is 0 Å². The van der Waals surface area contributed by atoms with Crippen molar-refractivity contribution in [2.24, 2.45) is 5.92 Å². The van der Waals surface area contributed by atoms with Crippen LogP contribution in [-0.2, 0) is 14.6 Å². The molecule has 0 radical (unpaired) electrons. The second kappa shape index (κ2) is 6.02. The third-order valence-corrected chi connectivity index (χ3v) is 5.67. The molecule has 0 aliphatic heterocycles. The fourth-order valence-corrected chi connectivity index (χ4v) is 4.28. The predicted molar refractivity (Wildman–Crippen MR) is 80.1 cm³/mol. The van der Waals surface area contributed by atoms with Gasteiger partial charge >= 0.3 is 0 Å². The maximum absolute atomic E-state index is 13.7. The van der Waals surface area contributed by atoms with Crippen LogP contribution >= 0.6 is 15.9 Å². The smallest absolute Gasteiger partial charge is 0.228 e. The first kappa shape index (κ1) is 16.4. The van der Waals surface area contributed by atoms with Gasteiger partial charge in [-0.2, -0.15) is 0 Å². The first-order valence-electron chi connectivity index (χ1n) is 6.31. The molecule has 3 atom stereocenters. The van der Waals surface area contributed by atoms with Gasteiger partial charge in [0.25, 0.3) is 0 Å². The number of halogens is 2. The van der Waals surface area contributed by atoms with E-state index in [2.05, 4.69) is 21.2 Å². The number of aliphatic hydroxyl groups excluding tert-OH is 1. The second-order valence-corrected chi connectivity index (χ2v) is 8.39. The summed E-state index contributed by atoms with van der Waals surface area (Å²) in [4.78, 5) is 12.2. The molecule has 1 unspecified atom stereocenters. The molecule has 1 aliphatic carbocycles. The Labute approximate surface area is 130 Å². The molecule has 1 fully saturated rings. The van der Waals surface area contributed by atoms with E-state index < -0.39 is 38.8 Å². The molecule has 0 aromatic heterocycles. The zero-order valence-electron chi connectivity index (χ0n) is 11.2. The van der Waals surface area contributed by atoms with Gasteiger partial charge in [0.2, 0.25) is 5.91 Å². The third-order valence-electron chi connectivity index (χ3n) is 3.55. The van der Waals surface area contributed by atoms with Crippen molar-refractivity contribution >= 4 is 37.4 Å². The minimum absolute atomic E-state index is 0.0168. The molecule has 2 N–H and O–H groups in total. The lowest BCUT2D eigenvalue weighted by Gasteiger charge is -2.17. The van der Waals surface area contributed by atoms with Crippen molar-refractivity contribution in [2.45, 2.75) is 24.2 Å². The molecular weight excluding hydrogens is 365 g/mol. The van der Waals surface area contributed by atoms with Crippen LogP contribution in [0.2, 0.25) is 0 Å². The van der Waals surface area contributed by atoms with Crippen LogP contribution in [0.15, 0.2) is 22.7 Å². The highest BCUT2D eigenvalue weighted by Gasteiger charge is 2.43. The molecule has 0 spiro atoms. The number of amides is 1. The van der Waals surface area contributed by atoms with E-state index in [1.807, 2.05) is 0 Å². The van der Waals surface area contributed by atoms with Crippen LogP contribution in [-0.4, -0.2) is 37.0 Å². The van der Waals surface area contributed by atoms with Gasteiger partial charge in [0.15, 0.2) is 9.84 Å². The highest BCUT2D eigenvalue weighted by Crippen LogP contribution is 2.32. The molecule has 1 aliphatic rings. The summed E-state index contributed by atoms with van der Waals surface area (Å²) in [6, 6.07) is 4.15. The Bertz CT molecular complexity index is 664. The molecule has 0 heterocycles. The maximum Gasteiger partial charge on any atom is 0.228 e. The van der Waals surface area contributed by atoms with Gasteiger partial charge in [-0.25, -0.2) is 12.8 Å². The molecule has 0 bridgehead atoms. The normalized spacial score (nSPS) is 25.8. The Morgan fingerprint density at radius 3 is 2.67 bits per heavy atom. The first-order chi connectivity index (χ1) is 9.68. The number of carbonyl (C=O) groups is 1. The predicted octanol–water partition coefficient (Wildman–Crippen LogP) is 1.71. The Hall–Kier alpha value is -0.990. The number of hydrogen-bond acceptors (Lipinski definition) is 4. The number of rotatable bonds is 3. The van der Waals surface area contributed by atoms with Crippen molar-refractivity contribution in [2.75, 3.05) is 11.6 Å². The fraction of sp³-hybridized carbons (Fsp3) is 0.462. The summed E-state index contributed by atoms with van der Waals surface area (Å²) in [6.45, 7) is 0. The van der Waals surface area contributed by atoms with Crippen LogP contribution in [0.4, 0.5) is 10.1 Å². The van der Waals surface area contributed by atoms with Gasteiger partial charge in [-0.15, -0.1) is 0 Å². The monoisotopic (exact) mass is 379 g/mol. The quantitative estimate of drug-likeness (QED) is 0.837. The van der Waals surface area contributed by atoms with Gasteiger partial charge in [-0.1, -0.05) is 15.9 Å². The number of sulfone groups is 1. The van der Waals surface area contributed by atoms with E-state index >= 15 is 0 Å². The summed E-state index contributed by atoms with van der Waals surface area (Å²) < 4.78 is 37.6. The van der Waals surface area contributed by atoms with Crippen molar-refractivity contribution in [3.8, 4) is 0 Å². The molecule has 8 heteroatoms. The SMILES string of the molecule is CS(=O)(=O)C1C[C@H](O)C[C@H]1C(=O)Nc1ccc(Br)cc1F. The highest BCUT2D eigenvalue weighted by molar-refractivity contribution is 9.10. The molecule has 2 rings (SSSR count). The minimum atomic E-state index is -3.46. The van der Waals surface area contributed by atoms with Crippen molar-refractivity contribution in [3.63, 3.8) is 0 Å². The van der Waals surface area contributed by atoms with E-state index in [1.54, 1.807) is 6.07 Å². The number of carbonyl (C=O) groups excluding carboxylic acids is 1. The third kappa shape index (κ3) is 3.81. The number of anilines is 1. The van der Waals surface area contributed by atoms with Crippen molar-refractivity contribution < 1.29 is 22.7 Å². The summed E-state index contributed by atoms with van der Waals surface area (Å²) in [5, 5.41) is 11.1. The largest absolute Gasteiger partial charge is 0.393 e. The topological polar surface area (TPSA) is 83.5 Å². The molecule has 116 valence electrons. The van der Waals surface area contributed by atoms with Crippen LogP contribution in [0.3, 0.4) is 0 Å². The molecule has 21 heavy (non-hydrogen) atoms. The standard InChI is InChI=1S/C13H15BrFNO4S/c1-21(19,20)12-6-8(17)5-9(12)13(18)16-11-3-2-7(14)4-10(11)15/h2-4,8-9,12,17H,5-6H2,1H3,(H,16,18)/t8-,9-,12?/m1/s1. The van der Waals surface area contributed by atoms with E-state index in [4.69, 9.17) is 0 Å². The van der Waals surface area contributed by atoms with Gasteiger partial charge < -0.3 is 10.4 Å². The van der Waals surface area contributed by atoms with Crippen molar-refractivity contribution in [1.82, 2.24) is 0 Å². The van der Waals surface area contributed by atoms with E-state index in [0.29, 0.717) is 4.47 Å². The molecule has 1 saturated carbocycles. The van der Waals surface area contributed by atoms with Gasteiger partial charge in [-0.3, -0.25) is 4.79 Å². The Morgan fingerprint density at radius 2 is 2.10 bits per heavy atom. The van der Waals surface area contributed by atoms with E-state index in [1.165, 1.54) is 12.1 Å². The zero-order chi connectivity index (χ0) is 15.8. The van der Waals surface area contributed by atoms with Crippen molar-refractivity contribution in [1.29, 1.82) is 0 Å². The van der Waals surface area contributed by atoms with Gasteiger partial charge in [0, 0.05) is 10.7 Å². The van der Waals surface area contributed by atoms with Crippen molar-refractivity contribution in [3.05, 3.63) is 28.5 Å². The summed E-state index contributed by atoms with van der Waals surface area (Å²) in [6.07, 6.45) is 0.285. The summed E-state index contributed by atoms with van der Waals surface area (Å²) in [5.41, 5.74) is -0.0168. The lowest BCUT2D eigenvalue weighted by atomic mass is 10.1. The Balaban J connectivity index is 2.19. The average molecular weight is 380 g/mol. The molecule has 1 aromatic carbocycles. The van der Waals surface area contributed by atoms with Gasteiger partial charge in [-0.05, 0) is 31.0 Å². The lowest BCUT2D eigenvalue weighted by Crippen LogP contribution is -2.33. The van der Waals surface area contributed by atoms with Crippen LogP contribution in [0.1, 0.15) is 12.8 Å². The highest BCUT2D eigenvalue weighted by atomic mass is 79.9. The van der Waals surface area contributed by atoms with E-state index in [9.17, 15) is 22.7 Å². The molecular formula is C13H15BrFNO4S. The average Bonchev–Trinajstić information content (AvgIpc) is 2.75. The fourth-order valence-electron chi connectivity index (χ4n) is 2.54. The second-order valence-electron chi connectivity index (χ2n) is 5.21. The zero-order valence-corrected chi connectivity index (χ0v) is 13.6. The minimum Gasteiger partial charge on any atom is -0.393 e. The molecule has 1 amide bonds. The number of aliphatic hydroxyl groups is 1. The maximum atomic E-state index is 13.7. The molecule has 1 aromatic rings. The number of benzene rings is 1. The van der Waals surface area contributed by atoms with Crippen LogP contribution < -0.4 is 5.32 Å². The Morgan fingerprint density at radius 1 is 1.43 bits per heavy atom. The van der Waals surface area contributed by atoms with Gasteiger partial charge in [0.1, 0.15) is 5.82 Å². The van der Waals surface area contributed by atoms with E-state index in [0.717, 1.165) is 6.26 Å². The summed E-state index contributed by atoms with van der Waals surface area (Å²) in [5.74, 6) is -2.09. The number of nitrogens with one attached hydrogen (secondary N) is 1. The molecule has 0 saturated heterocycles. The van der Waals surface area contributed by atoms with E-state index in [-0.39, 0.29) is 18.5 Å². The Kier molecular flexibility index (Phi) is 4.69. The van der Waals surface area contributed by atoms with Crippen LogP contribution in [0, 0.1) is 11.7 Å². The number of hydrogen-bond donors (Lipinski definition) is 2.